The Kier molecular flexibility index (Phi) is 12.7. The van der Waals surface area contributed by atoms with E-state index in [1.807, 2.05) is 66.7 Å². The zero-order valence-corrected chi connectivity index (χ0v) is 31.9. The van der Waals surface area contributed by atoms with Crippen LogP contribution >= 0.6 is 8.53 Å². The van der Waals surface area contributed by atoms with Crippen molar-refractivity contribution in [3.05, 3.63) is 114 Å². The van der Waals surface area contributed by atoms with Crippen LogP contribution in [-0.4, -0.2) is 76.1 Å². The Morgan fingerprint density at radius 1 is 0.906 bits per heavy atom. The number of hydrogen-bond donors (Lipinski definition) is 0. The van der Waals surface area contributed by atoms with Crippen molar-refractivity contribution in [3.63, 3.8) is 0 Å². The number of benzene rings is 3. The van der Waals surface area contributed by atoms with Gasteiger partial charge in [0, 0.05) is 24.7 Å². The molecule has 3 aromatic carbocycles. The van der Waals surface area contributed by atoms with Crippen molar-refractivity contribution in [1.29, 1.82) is 5.26 Å². The first-order valence-corrected chi connectivity index (χ1v) is 18.9. The van der Waals surface area contributed by atoms with Crippen molar-refractivity contribution >= 4 is 19.6 Å². The topological polar surface area (TPSA) is 126 Å². The molecular weight excluding hydrogens is 691 g/mol. The minimum absolute atomic E-state index is 0.124. The summed E-state index contributed by atoms with van der Waals surface area (Å²) in [6, 6.07) is 28.5. The zero-order valence-electron chi connectivity index (χ0n) is 31.0. The summed E-state index contributed by atoms with van der Waals surface area (Å²) in [6.45, 7) is 8.88. The number of ether oxygens (including phenoxy) is 4. The highest BCUT2D eigenvalue weighted by Gasteiger charge is 2.45. The molecule has 4 atom stereocenters. The number of aromatic nitrogens is 4. The minimum atomic E-state index is -1.58. The Hall–Kier alpha value is -4.47. The van der Waals surface area contributed by atoms with Gasteiger partial charge in [-0.25, -0.2) is 19.3 Å². The first kappa shape index (κ1) is 38.3. The Bertz CT molecular complexity index is 1880. The number of rotatable bonds is 17. The standard InChI is InChI=1S/C40H47N6O6P/c1-28(2)46(29(3)4)53(50-22-10-21-41)52-36-23-38(45-39-30(25-44-45)24-42-27-43-39)51-37(36)26-49-40(31-11-8-7-9-12-31,32-13-17-34(47-5)18-14-32)33-15-19-35(48-6)20-16-33/h7-9,11-20,24-25,27-29,36-38H,10,22-23,26H2,1-6H3/t36-,37+,38+,53?/m0/s1. The molecule has 1 aliphatic heterocycles. The van der Waals surface area contributed by atoms with Crippen LogP contribution in [0.5, 0.6) is 11.5 Å². The van der Waals surface area contributed by atoms with E-state index in [2.05, 4.69) is 65.6 Å². The van der Waals surface area contributed by atoms with Gasteiger partial charge in [0.05, 0.1) is 57.6 Å². The summed E-state index contributed by atoms with van der Waals surface area (Å²) in [4.78, 5) is 8.68. The average molecular weight is 739 g/mol. The van der Waals surface area contributed by atoms with Crippen LogP contribution in [0.2, 0.25) is 0 Å². The Labute approximate surface area is 312 Å². The normalized spacial score (nSPS) is 18.2. The largest absolute Gasteiger partial charge is 0.497 e. The third kappa shape index (κ3) is 8.36. The summed E-state index contributed by atoms with van der Waals surface area (Å²) in [5, 5.41) is 14.8. The molecule has 13 heteroatoms. The summed E-state index contributed by atoms with van der Waals surface area (Å²) in [5.74, 6) is 1.47. The van der Waals surface area contributed by atoms with E-state index in [4.69, 9.17) is 28.0 Å². The fourth-order valence-corrected chi connectivity index (χ4v) is 8.57. The SMILES string of the molecule is COc1ccc(C(OC[C@H]2O[C@@H](n3ncc4cncnc43)C[C@@H]2OP(OCCC#N)N(C(C)C)C(C)C)(c2ccccc2)c2ccc(OC)cc2)cc1. The van der Waals surface area contributed by atoms with Crippen molar-refractivity contribution in [2.24, 2.45) is 0 Å². The minimum Gasteiger partial charge on any atom is -0.497 e. The van der Waals surface area contributed by atoms with Crippen LogP contribution in [0, 0.1) is 11.3 Å². The highest BCUT2D eigenvalue weighted by molar-refractivity contribution is 7.44. The van der Waals surface area contributed by atoms with Gasteiger partial charge in [0.25, 0.3) is 8.53 Å². The van der Waals surface area contributed by atoms with E-state index >= 15 is 0 Å². The number of nitrogens with zero attached hydrogens (tertiary/aromatic N) is 6. The molecule has 1 unspecified atom stereocenters. The lowest BCUT2D eigenvalue weighted by Gasteiger charge is -2.39. The summed E-state index contributed by atoms with van der Waals surface area (Å²) >= 11 is 0. The van der Waals surface area contributed by atoms with Crippen LogP contribution in [0.25, 0.3) is 11.0 Å². The van der Waals surface area contributed by atoms with Gasteiger partial charge in [-0.05, 0) is 68.7 Å². The van der Waals surface area contributed by atoms with E-state index in [-0.39, 0.29) is 31.7 Å². The summed E-state index contributed by atoms with van der Waals surface area (Å²) in [6.07, 6.45) is 4.18. The van der Waals surface area contributed by atoms with E-state index in [0.29, 0.717) is 12.1 Å². The van der Waals surface area contributed by atoms with Crippen LogP contribution in [0.4, 0.5) is 0 Å². The van der Waals surface area contributed by atoms with Gasteiger partial charge in [-0.15, -0.1) is 0 Å². The molecule has 1 saturated heterocycles. The lowest BCUT2D eigenvalue weighted by atomic mass is 9.80. The molecule has 0 N–H and O–H groups in total. The lowest BCUT2D eigenvalue weighted by molar-refractivity contribution is -0.0931. The molecule has 12 nitrogen and oxygen atoms in total. The predicted molar refractivity (Wildman–Crippen MR) is 202 cm³/mol. The molecule has 0 bridgehead atoms. The van der Waals surface area contributed by atoms with Crippen LogP contribution < -0.4 is 9.47 Å². The molecule has 0 amide bonds. The summed E-state index contributed by atoms with van der Waals surface area (Å²) in [7, 11) is 1.73. The molecule has 0 aliphatic carbocycles. The fourth-order valence-electron chi connectivity index (χ4n) is 6.81. The molecule has 2 aromatic heterocycles. The van der Waals surface area contributed by atoms with Crippen molar-refractivity contribution in [1.82, 2.24) is 24.4 Å². The monoisotopic (exact) mass is 738 g/mol. The van der Waals surface area contributed by atoms with E-state index < -0.39 is 32.6 Å². The molecule has 6 rings (SSSR count). The maximum atomic E-state index is 9.33. The molecule has 1 aliphatic rings. The molecule has 0 saturated carbocycles. The Morgan fingerprint density at radius 2 is 1.53 bits per heavy atom. The predicted octanol–water partition coefficient (Wildman–Crippen LogP) is 7.80. The molecule has 0 radical (unpaired) electrons. The first-order valence-electron chi connectivity index (χ1n) is 17.8. The number of fused-ring (bicyclic) bond motifs is 1. The molecule has 0 spiro atoms. The third-order valence-corrected chi connectivity index (χ3v) is 11.4. The Morgan fingerprint density at radius 3 is 2.11 bits per heavy atom. The van der Waals surface area contributed by atoms with E-state index in [1.54, 1.807) is 31.3 Å². The second-order valence-electron chi connectivity index (χ2n) is 13.3. The molecule has 5 aromatic rings. The van der Waals surface area contributed by atoms with Gasteiger partial charge in [0.2, 0.25) is 0 Å². The third-order valence-electron chi connectivity index (χ3n) is 9.24. The van der Waals surface area contributed by atoms with Gasteiger partial charge in [-0.1, -0.05) is 54.6 Å². The summed E-state index contributed by atoms with van der Waals surface area (Å²) in [5.41, 5.74) is 2.35. The molecule has 3 heterocycles. The lowest BCUT2D eigenvalue weighted by Crippen LogP contribution is -2.39. The highest BCUT2D eigenvalue weighted by atomic mass is 31.2. The quantitative estimate of drug-likeness (QED) is 0.0527. The Balaban J connectivity index is 1.42. The molecule has 1 fully saturated rings. The van der Waals surface area contributed by atoms with Crippen molar-refractivity contribution < 1.29 is 28.0 Å². The van der Waals surface area contributed by atoms with Crippen LogP contribution in [0.1, 0.15) is 63.5 Å². The second-order valence-corrected chi connectivity index (χ2v) is 14.7. The van der Waals surface area contributed by atoms with Crippen molar-refractivity contribution in [2.75, 3.05) is 27.4 Å². The van der Waals surface area contributed by atoms with Crippen molar-refractivity contribution in [2.45, 2.75) is 76.7 Å². The maximum absolute atomic E-state index is 9.33. The maximum Gasteiger partial charge on any atom is 0.259 e. The average Bonchev–Trinajstić information content (AvgIpc) is 3.79. The number of nitriles is 1. The van der Waals surface area contributed by atoms with E-state index in [9.17, 15) is 5.26 Å². The summed E-state index contributed by atoms with van der Waals surface area (Å²) < 4.78 is 42.6. The van der Waals surface area contributed by atoms with Crippen LogP contribution in [0.15, 0.2) is 97.6 Å². The molecule has 53 heavy (non-hydrogen) atoms. The van der Waals surface area contributed by atoms with Gasteiger partial charge in [-0.3, -0.25) is 0 Å². The highest BCUT2D eigenvalue weighted by Crippen LogP contribution is 2.51. The van der Waals surface area contributed by atoms with Gasteiger partial charge in [0.1, 0.15) is 29.5 Å². The number of methoxy groups -OCH3 is 2. The number of hydrogen-bond acceptors (Lipinski definition) is 11. The fraction of sp³-hybridized carbons (Fsp3) is 0.400. The smallest absolute Gasteiger partial charge is 0.259 e. The van der Waals surface area contributed by atoms with E-state index in [1.165, 1.54) is 6.33 Å². The van der Waals surface area contributed by atoms with Crippen molar-refractivity contribution in [3.8, 4) is 17.6 Å². The van der Waals surface area contributed by atoms with Gasteiger partial charge in [-0.2, -0.15) is 10.4 Å². The van der Waals surface area contributed by atoms with Gasteiger partial charge in [0.15, 0.2) is 11.9 Å². The first-order chi connectivity index (χ1) is 25.8. The van der Waals surface area contributed by atoms with Gasteiger partial charge < -0.3 is 28.0 Å². The van der Waals surface area contributed by atoms with Crippen LogP contribution in [0.3, 0.4) is 0 Å². The van der Waals surface area contributed by atoms with E-state index in [0.717, 1.165) is 33.6 Å². The zero-order chi connectivity index (χ0) is 37.4. The molecule has 278 valence electrons. The molecular formula is C40H47N6O6P. The van der Waals surface area contributed by atoms with Crippen LogP contribution in [-0.2, 0) is 24.1 Å². The van der Waals surface area contributed by atoms with Gasteiger partial charge >= 0.3 is 0 Å². The second kappa shape index (κ2) is 17.6.